The number of likely N-dealkylation sites (tertiary alicyclic amines) is 1. The standard InChI is InChI=1S/C25H34N2O5/c1-3-32-24(30)25-13-8-7-12-21(25)27(18-19-10-5-4-6-11-19)23(29)20(17-25)16-22(28)26-14-9-15-31-2/h4-6,10-12,20H,3,7-9,13-18H2,1-2H3,(H,26,28)/t20-,25+/m1/s1. The molecular formula is C25H34N2O5. The Hall–Kier alpha value is -2.67. The second-order valence-electron chi connectivity index (χ2n) is 8.50. The topological polar surface area (TPSA) is 84.9 Å². The van der Waals surface area contributed by atoms with E-state index in [0.29, 0.717) is 39.0 Å². The summed E-state index contributed by atoms with van der Waals surface area (Å²) in [6, 6.07) is 9.73. The van der Waals surface area contributed by atoms with E-state index in [1.807, 2.05) is 36.4 Å². The van der Waals surface area contributed by atoms with Crippen LogP contribution in [-0.2, 0) is 30.4 Å². The van der Waals surface area contributed by atoms with Crippen molar-refractivity contribution in [3.8, 4) is 0 Å². The van der Waals surface area contributed by atoms with Crippen LogP contribution < -0.4 is 5.32 Å². The molecule has 1 aliphatic carbocycles. The highest BCUT2D eigenvalue weighted by Crippen LogP contribution is 2.50. The van der Waals surface area contributed by atoms with Gasteiger partial charge in [-0.2, -0.15) is 0 Å². The Labute approximate surface area is 190 Å². The molecule has 174 valence electrons. The Morgan fingerprint density at radius 3 is 2.75 bits per heavy atom. The minimum Gasteiger partial charge on any atom is -0.465 e. The van der Waals surface area contributed by atoms with Crippen LogP contribution in [0.25, 0.3) is 0 Å². The van der Waals surface area contributed by atoms with Gasteiger partial charge in [0.1, 0.15) is 5.41 Å². The molecule has 0 saturated carbocycles. The number of hydrogen-bond donors (Lipinski definition) is 1. The van der Waals surface area contributed by atoms with Crippen molar-refractivity contribution >= 4 is 17.8 Å². The molecule has 1 aliphatic heterocycles. The number of benzene rings is 1. The van der Waals surface area contributed by atoms with Crippen LogP contribution in [0.2, 0.25) is 0 Å². The van der Waals surface area contributed by atoms with Gasteiger partial charge in [-0.3, -0.25) is 14.4 Å². The Bertz CT molecular complexity index is 838. The quantitative estimate of drug-likeness (QED) is 0.444. The van der Waals surface area contributed by atoms with E-state index in [4.69, 9.17) is 9.47 Å². The summed E-state index contributed by atoms with van der Waals surface area (Å²) in [6.07, 6.45) is 5.40. The second kappa shape index (κ2) is 11.3. The summed E-state index contributed by atoms with van der Waals surface area (Å²) in [5.74, 6) is -1.14. The number of fused-ring (bicyclic) bond motifs is 1. The molecule has 32 heavy (non-hydrogen) atoms. The van der Waals surface area contributed by atoms with Crippen molar-refractivity contribution in [2.75, 3.05) is 26.9 Å². The monoisotopic (exact) mass is 442 g/mol. The molecule has 3 rings (SSSR count). The highest BCUT2D eigenvalue weighted by molar-refractivity contribution is 5.92. The molecule has 2 aliphatic rings. The van der Waals surface area contributed by atoms with Crippen LogP contribution in [0.3, 0.4) is 0 Å². The van der Waals surface area contributed by atoms with E-state index >= 15 is 0 Å². The number of allylic oxidation sites excluding steroid dienone is 1. The Kier molecular flexibility index (Phi) is 8.45. The maximum atomic E-state index is 13.6. The first-order valence-corrected chi connectivity index (χ1v) is 11.5. The maximum absolute atomic E-state index is 13.6. The van der Waals surface area contributed by atoms with Crippen LogP contribution in [-0.4, -0.2) is 49.6 Å². The van der Waals surface area contributed by atoms with Gasteiger partial charge in [0.05, 0.1) is 13.2 Å². The molecule has 0 spiro atoms. The predicted molar refractivity (Wildman–Crippen MR) is 120 cm³/mol. The lowest BCUT2D eigenvalue weighted by Gasteiger charge is -2.48. The van der Waals surface area contributed by atoms with Gasteiger partial charge < -0.3 is 19.7 Å². The number of nitrogens with one attached hydrogen (secondary N) is 1. The van der Waals surface area contributed by atoms with Crippen molar-refractivity contribution in [3.63, 3.8) is 0 Å². The number of carbonyl (C=O) groups excluding carboxylic acids is 3. The molecule has 1 N–H and O–H groups in total. The molecule has 0 bridgehead atoms. The molecule has 7 heteroatoms. The summed E-state index contributed by atoms with van der Waals surface area (Å²) in [7, 11) is 1.62. The van der Waals surface area contributed by atoms with E-state index in [1.165, 1.54) is 0 Å². The molecule has 1 heterocycles. The number of amides is 2. The van der Waals surface area contributed by atoms with Crippen LogP contribution in [0.15, 0.2) is 42.1 Å². The van der Waals surface area contributed by atoms with Crippen molar-refractivity contribution in [2.45, 2.75) is 52.0 Å². The van der Waals surface area contributed by atoms with Gasteiger partial charge in [0, 0.05) is 38.3 Å². The molecule has 1 saturated heterocycles. The lowest BCUT2D eigenvalue weighted by molar-refractivity contribution is -0.162. The van der Waals surface area contributed by atoms with Crippen LogP contribution in [0.4, 0.5) is 0 Å². The highest BCUT2D eigenvalue weighted by Gasteiger charge is 2.54. The van der Waals surface area contributed by atoms with E-state index in [2.05, 4.69) is 5.32 Å². The van der Waals surface area contributed by atoms with Crippen molar-refractivity contribution in [2.24, 2.45) is 11.3 Å². The first-order valence-electron chi connectivity index (χ1n) is 11.5. The van der Waals surface area contributed by atoms with Crippen molar-refractivity contribution in [1.82, 2.24) is 10.2 Å². The number of rotatable bonds is 10. The lowest BCUT2D eigenvalue weighted by atomic mass is 9.66. The van der Waals surface area contributed by atoms with Crippen molar-refractivity contribution < 1.29 is 23.9 Å². The molecule has 1 aromatic carbocycles. The summed E-state index contributed by atoms with van der Waals surface area (Å²) in [5.41, 5.74) is 0.848. The Morgan fingerprint density at radius 2 is 2.03 bits per heavy atom. The first kappa shape index (κ1) is 24.0. The number of ether oxygens (including phenoxy) is 2. The van der Waals surface area contributed by atoms with Gasteiger partial charge in [-0.15, -0.1) is 0 Å². The molecule has 0 radical (unpaired) electrons. The van der Waals surface area contributed by atoms with E-state index in [-0.39, 0.29) is 30.8 Å². The minimum atomic E-state index is -0.877. The van der Waals surface area contributed by atoms with Gasteiger partial charge >= 0.3 is 5.97 Å². The zero-order valence-electron chi connectivity index (χ0n) is 19.1. The summed E-state index contributed by atoms with van der Waals surface area (Å²) >= 11 is 0. The molecule has 1 aromatic rings. The van der Waals surface area contributed by atoms with Gasteiger partial charge in [0.2, 0.25) is 11.8 Å². The van der Waals surface area contributed by atoms with Gasteiger partial charge in [0.15, 0.2) is 0 Å². The predicted octanol–water partition coefficient (Wildman–Crippen LogP) is 3.20. The molecule has 2 atom stereocenters. The average Bonchev–Trinajstić information content (AvgIpc) is 2.80. The normalized spacial score (nSPS) is 22.7. The van der Waals surface area contributed by atoms with Crippen molar-refractivity contribution in [1.29, 1.82) is 0 Å². The third-order valence-corrected chi connectivity index (χ3v) is 6.27. The van der Waals surface area contributed by atoms with Crippen LogP contribution in [0.1, 0.15) is 51.0 Å². The third kappa shape index (κ3) is 5.38. The van der Waals surface area contributed by atoms with Gasteiger partial charge in [-0.1, -0.05) is 36.4 Å². The molecule has 2 amide bonds. The number of esters is 1. The molecule has 1 fully saturated rings. The smallest absolute Gasteiger partial charge is 0.318 e. The molecular weight excluding hydrogens is 408 g/mol. The summed E-state index contributed by atoms with van der Waals surface area (Å²) in [6.45, 7) is 3.51. The summed E-state index contributed by atoms with van der Waals surface area (Å²) < 4.78 is 10.5. The van der Waals surface area contributed by atoms with E-state index < -0.39 is 11.3 Å². The first-order chi connectivity index (χ1) is 15.5. The Balaban J connectivity index is 1.87. The molecule has 0 aromatic heterocycles. The summed E-state index contributed by atoms with van der Waals surface area (Å²) in [4.78, 5) is 41.1. The summed E-state index contributed by atoms with van der Waals surface area (Å²) in [5, 5.41) is 2.87. The number of methoxy groups -OCH3 is 1. The molecule has 0 unspecified atom stereocenters. The second-order valence-corrected chi connectivity index (χ2v) is 8.50. The minimum absolute atomic E-state index is 0.0611. The number of hydrogen-bond acceptors (Lipinski definition) is 5. The van der Waals surface area contributed by atoms with E-state index in [9.17, 15) is 14.4 Å². The van der Waals surface area contributed by atoms with Crippen LogP contribution in [0, 0.1) is 11.3 Å². The zero-order valence-corrected chi connectivity index (χ0v) is 19.1. The fraction of sp³-hybridized carbons (Fsp3) is 0.560. The maximum Gasteiger partial charge on any atom is 0.318 e. The van der Waals surface area contributed by atoms with Crippen LogP contribution >= 0.6 is 0 Å². The fourth-order valence-corrected chi connectivity index (χ4v) is 4.78. The van der Waals surface area contributed by atoms with E-state index in [1.54, 1.807) is 18.9 Å². The SMILES string of the molecule is CCOC(=O)[C@]12CCCC=C1N(Cc1ccccc1)C(=O)[C@H](CC(=O)NCCCOC)C2. The fourth-order valence-electron chi connectivity index (χ4n) is 4.78. The lowest BCUT2D eigenvalue weighted by Crippen LogP contribution is -2.54. The van der Waals surface area contributed by atoms with Gasteiger partial charge in [0.25, 0.3) is 0 Å². The third-order valence-electron chi connectivity index (χ3n) is 6.27. The number of nitrogens with zero attached hydrogens (tertiary/aromatic N) is 1. The van der Waals surface area contributed by atoms with Crippen LogP contribution in [0.5, 0.6) is 0 Å². The van der Waals surface area contributed by atoms with Gasteiger partial charge in [-0.05, 0) is 44.6 Å². The zero-order chi connectivity index (χ0) is 23.0. The number of carbonyl (C=O) groups is 3. The van der Waals surface area contributed by atoms with Crippen molar-refractivity contribution in [3.05, 3.63) is 47.7 Å². The highest BCUT2D eigenvalue weighted by atomic mass is 16.5. The molecule has 7 nitrogen and oxygen atoms in total. The number of piperidine rings is 1. The average molecular weight is 443 g/mol. The van der Waals surface area contributed by atoms with Gasteiger partial charge in [-0.25, -0.2) is 0 Å². The Morgan fingerprint density at radius 1 is 1.25 bits per heavy atom. The largest absolute Gasteiger partial charge is 0.465 e. The van der Waals surface area contributed by atoms with E-state index in [0.717, 1.165) is 24.1 Å².